The zero-order chi connectivity index (χ0) is 13.8. The molecule has 0 saturated carbocycles. The maximum atomic E-state index is 10.9. The third-order valence-corrected chi connectivity index (χ3v) is 2.79. The Hall–Kier alpha value is -2.37. The van der Waals surface area contributed by atoms with Crippen LogP contribution >= 0.6 is 0 Å². The van der Waals surface area contributed by atoms with E-state index in [1.807, 2.05) is 13.2 Å². The minimum absolute atomic E-state index is 0.222. The molecule has 0 atom stereocenters. The molecule has 2 heterocycles. The monoisotopic (exact) mass is 260 g/mol. The Labute approximate surface area is 111 Å². The number of nitrogens with one attached hydrogen (secondary N) is 1. The summed E-state index contributed by atoms with van der Waals surface area (Å²) in [7, 11) is 1.88. The second kappa shape index (κ2) is 5.51. The Kier molecular flexibility index (Phi) is 3.79. The molecule has 0 unspecified atom stereocenters. The van der Waals surface area contributed by atoms with Crippen molar-refractivity contribution in [3.05, 3.63) is 41.3 Å². The Morgan fingerprint density at radius 2 is 2.32 bits per heavy atom. The molecular formula is C13H16N4O2. The number of rotatable bonds is 5. The second-order valence-electron chi connectivity index (χ2n) is 4.22. The van der Waals surface area contributed by atoms with E-state index in [0.717, 1.165) is 17.7 Å². The highest BCUT2D eigenvalue weighted by atomic mass is 16.4. The molecule has 0 amide bonds. The predicted molar refractivity (Wildman–Crippen MR) is 71.1 cm³/mol. The summed E-state index contributed by atoms with van der Waals surface area (Å²) in [6.45, 7) is 2.63. The number of carbonyl (C=O) groups is 1. The summed E-state index contributed by atoms with van der Waals surface area (Å²) in [6.07, 6.45) is 4.29. The van der Waals surface area contributed by atoms with E-state index >= 15 is 0 Å². The van der Waals surface area contributed by atoms with Crippen molar-refractivity contribution in [1.82, 2.24) is 14.8 Å². The van der Waals surface area contributed by atoms with Crippen LogP contribution in [0.1, 0.15) is 28.5 Å². The van der Waals surface area contributed by atoms with Gasteiger partial charge in [0.2, 0.25) is 0 Å². The van der Waals surface area contributed by atoms with E-state index in [0.29, 0.717) is 12.4 Å². The van der Waals surface area contributed by atoms with Gasteiger partial charge in [0.05, 0.1) is 11.3 Å². The highest BCUT2D eigenvalue weighted by Crippen LogP contribution is 2.11. The summed E-state index contributed by atoms with van der Waals surface area (Å²) in [5.41, 5.74) is 2.34. The van der Waals surface area contributed by atoms with Crippen LogP contribution in [0.25, 0.3) is 0 Å². The highest BCUT2D eigenvalue weighted by Gasteiger charge is 2.07. The number of nitrogens with zero attached hydrogens (tertiary/aromatic N) is 3. The standard InChI is InChI=1S/C13H16N4O2/c1-3-11-10(8-17(2)16-11)7-15-12-6-9(13(18)19)4-5-14-12/h4-6,8H,3,7H2,1-2H3,(H,14,15)(H,18,19). The molecule has 0 saturated heterocycles. The lowest BCUT2D eigenvalue weighted by Crippen LogP contribution is -2.04. The number of carboxylic acids is 1. The van der Waals surface area contributed by atoms with Crippen molar-refractivity contribution >= 4 is 11.8 Å². The maximum Gasteiger partial charge on any atom is 0.335 e. The number of hydrogen-bond donors (Lipinski definition) is 2. The Bertz CT molecular complexity index is 592. The van der Waals surface area contributed by atoms with E-state index < -0.39 is 5.97 Å². The van der Waals surface area contributed by atoms with Gasteiger partial charge in [-0.3, -0.25) is 4.68 Å². The molecular weight excluding hydrogens is 244 g/mol. The summed E-state index contributed by atoms with van der Waals surface area (Å²) in [5.74, 6) is -0.410. The lowest BCUT2D eigenvalue weighted by molar-refractivity contribution is 0.0697. The van der Waals surface area contributed by atoms with E-state index in [1.165, 1.54) is 18.3 Å². The summed E-state index contributed by atoms with van der Waals surface area (Å²) in [4.78, 5) is 15.0. The maximum absolute atomic E-state index is 10.9. The molecule has 2 aromatic heterocycles. The van der Waals surface area contributed by atoms with E-state index in [2.05, 4.69) is 22.3 Å². The van der Waals surface area contributed by atoms with Gasteiger partial charge in [-0.25, -0.2) is 9.78 Å². The van der Waals surface area contributed by atoms with Crippen LogP contribution in [0.4, 0.5) is 5.82 Å². The number of anilines is 1. The van der Waals surface area contributed by atoms with Crippen molar-refractivity contribution in [2.75, 3.05) is 5.32 Å². The largest absolute Gasteiger partial charge is 0.478 e. The number of pyridine rings is 1. The predicted octanol–water partition coefficient (Wildman–Crippen LogP) is 1.69. The van der Waals surface area contributed by atoms with E-state index in [4.69, 9.17) is 5.11 Å². The lowest BCUT2D eigenvalue weighted by Gasteiger charge is -2.05. The van der Waals surface area contributed by atoms with Crippen LogP contribution in [0, 0.1) is 0 Å². The molecule has 19 heavy (non-hydrogen) atoms. The Morgan fingerprint density at radius 3 is 3.00 bits per heavy atom. The van der Waals surface area contributed by atoms with E-state index in [1.54, 1.807) is 4.68 Å². The van der Waals surface area contributed by atoms with Gasteiger partial charge < -0.3 is 10.4 Å². The first kappa shape index (κ1) is 13.1. The number of aryl methyl sites for hydroxylation is 2. The van der Waals surface area contributed by atoms with Gasteiger partial charge in [0.15, 0.2) is 0 Å². The Morgan fingerprint density at radius 1 is 1.53 bits per heavy atom. The topological polar surface area (TPSA) is 80.0 Å². The number of aromatic nitrogens is 3. The molecule has 2 rings (SSSR count). The van der Waals surface area contributed by atoms with Gasteiger partial charge in [-0.15, -0.1) is 0 Å². The summed E-state index contributed by atoms with van der Waals surface area (Å²) in [5, 5.41) is 16.4. The second-order valence-corrected chi connectivity index (χ2v) is 4.22. The van der Waals surface area contributed by atoms with Gasteiger partial charge in [-0.05, 0) is 18.6 Å². The van der Waals surface area contributed by atoms with Crippen LogP contribution in [0.2, 0.25) is 0 Å². The van der Waals surface area contributed by atoms with Crippen molar-refractivity contribution in [3.8, 4) is 0 Å². The number of aromatic carboxylic acids is 1. The molecule has 6 heteroatoms. The molecule has 0 aromatic carbocycles. The summed E-state index contributed by atoms with van der Waals surface area (Å²) >= 11 is 0. The fourth-order valence-corrected chi connectivity index (χ4v) is 1.88. The molecule has 0 bridgehead atoms. The third-order valence-electron chi connectivity index (χ3n) is 2.79. The molecule has 0 aliphatic carbocycles. The first-order chi connectivity index (χ1) is 9.10. The first-order valence-corrected chi connectivity index (χ1v) is 6.04. The van der Waals surface area contributed by atoms with Gasteiger partial charge in [-0.2, -0.15) is 5.10 Å². The number of carboxylic acid groups (broad SMARTS) is 1. The zero-order valence-electron chi connectivity index (χ0n) is 10.9. The van der Waals surface area contributed by atoms with Crippen molar-refractivity contribution in [2.24, 2.45) is 7.05 Å². The van der Waals surface area contributed by atoms with Crippen molar-refractivity contribution in [2.45, 2.75) is 19.9 Å². The highest BCUT2D eigenvalue weighted by molar-refractivity contribution is 5.88. The SMILES string of the molecule is CCc1nn(C)cc1CNc1cc(C(=O)O)ccn1. The van der Waals surface area contributed by atoms with Gasteiger partial charge in [0.1, 0.15) is 5.82 Å². The molecule has 2 aromatic rings. The fraction of sp³-hybridized carbons (Fsp3) is 0.308. The van der Waals surface area contributed by atoms with Crippen molar-refractivity contribution in [1.29, 1.82) is 0 Å². The van der Waals surface area contributed by atoms with Crippen molar-refractivity contribution in [3.63, 3.8) is 0 Å². The average Bonchev–Trinajstić information content (AvgIpc) is 2.77. The van der Waals surface area contributed by atoms with Gasteiger partial charge in [0.25, 0.3) is 0 Å². The molecule has 2 N–H and O–H groups in total. The Balaban J connectivity index is 2.09. The van der Waals surface area contributed by atoms with Gasteiger partial charge >= 0.3 is 5.97 Å². The summed E-state index contributed by atoms with van der Waals surface area (Å²) < 4.78 is 1.77. The van der Waals surface area contributed by atoms with Gasteiger partial charge in [-0.1, -0.05) is 6.92 Å². The summed E-state index contributed by atoms with van der Waals surface area (Å²) in [6, 6.07) is 2.99. The minimum atomic E-state index is -0.957. The van der Waals surface area contributed by atoms with Crippen LogP contribution in [0.5, 0.6) is 0 Å². The van der Waals surface area contributed by atoms with Crippen LogP contribution in [-0.2, 0) is 20.0 Å². The van der Waals surface area contributed by atoms with Crippen LogP contribution in [0.3, 0.4) is 0 Å². The molecule has 0 radical (unpaired) electrons. The third kappa shape index (κ3) is 3.09. The van der Waals surface area contributed by atoms with E-state index in [9.17, 15) is 4.79 Å². The van der Waals surface area contributed by atoms with Crippen LogP contribution in [-0.4, -0.2) is 25.8 Å². The molecule has 0 spiro atoms. The van der Waals surface area contributed by atoms with Crippen LogP contribution < -0.4 is 5.32 Å². The molecule has 6 nitrogen and oxygen atoms in total. The van der Waals surface area contributed by atoms with Crippen LogP contribution in [0.15, 0.2) is 24.5 Å². The smallest absolute Gasteiger partial charge is 0.335 e. The van der Waals surface area contributed by atoms with E-state index in [-0.39, 0.29) is 5.56 Å². The minimum Gasteiger partial charge on any atom is -0.478 e. The average molecular weight is 260 g/mol. The number of hydrogen-bond acceptors (Lipinski definition) is 4. The van der Waals surface area contributed by atoms with Gasteiger partial charge in [0, 0.05) is 31.5 Å². The van der Waals surface area contributed by atoms with Crippen molar-refractivity contribution < 1.29 is 9.90 Å². The zero-order valence-corrected chi connectivity index (χ0v) is 10.9. The first-order valence-electron chi connectivity index (χ1n) is 6.04. The molecule has 0 aliphatic rings. The lowest BCUT2D eigenvalue weighted by atomic mass is 10.2. The normalized spacial score (nSPS) is 10.4. The molecule has 0 aliphatic heterocycles. The quantitative estimate of drug-likeness (QED) is 0.855. The fourth-order valence-electron chi connectivity index (χ4n) is 1.88. The molecule has 100 valence electrons. The molecule has 0 fully saturated rings.